The first-order chi connectivity index (χ1) is 11.2. The van der Waals surface area contributed by atoms with Crippen molar-refractivity contribution in [2.24, 2.45) is 46.8 Å². The first-order valence-corrected chi connectivity index (χ1v) is 9.52. The van der Waals surface area contributed by atoms with Gasteiger partial charge in [-0.2, -0.15) is 5.26 Å². The van der Waals surface area contributed by atoms with Crippen molar-refractivity contribution in [2.75, 3.05) is 0 Å². The fraction of sp³-hybridized carbons (Fsp3) is 0.714. The van der Waals surface area contributed by atoms with Crippen LogP contribution >= 0.6 is 0 Å². The van der Waals surface area contributed by atoms with Crippen molar-refractivity contribution in [2.45, 2.75) is 45.4 Å². The van der Waals surface area contributed by atoms with E-state index in [0.717, 1.165) is 30.6 Å². The Morgan fingerprint density at radius 3 is 2.96 bits per heavy atom. The van der Waals surface area contributed by atoms with Gasteiger partial charge in [-0.15, -0.1) is 0 Å². The van der Waals surface area contributed by atoms with E-state index in [2.05, 4.69) is 25.1 Å². The normalized spacial score (nSPS) is 52.6. The second kappa shape index (κ2) is 4.59. The third-order valence-electron chi connectivity index (χ3n) is 8.20. The molecule has 4 unspecified atom stereocenters. The third kappa shape index (κ3) is 1.66. The van der Waals surface area contributed by atoms with E-state index in [-0.39, 0.29) is 0 Å². The van der Waals surface area contributed by atoms with Gasteiger partial charge >= 0.3 is 0 Å². The number of nitriles is 1. The first kappa shape index (κ1) is 14.0. The second-order valence-corrected chi connectivity index (χ2v) is 8.68. The number of hydrogen-bond acceptors (Lipinski definition) is 2. The zero-order valence-electron chi connectivity index (χ0n) is 13.9. The van der Waals surface area contributed by atoms with Gasteiger partial charge in [-0.25, -0.2) is 0 Å². The van der Waals surface area contributed by atoms with Crippen LogP contribution in [-0.4, -0.2) is 5.78 Å². The van der Waals surface area contributed by atoms with Crippen LogP contribution in [0.1, 0.15) is 45.4 Å². The largest absolute Gasteiger partial charge is 0.295 e. The van der Waals surface area contributed by atoms with Crippen molar-refractivity contribution in [3.63, 3.8) is 0 Å². The Bertz CT molecular complexity index is 668. The van der Waals surface area contributed by atoms with Crippen LogP contribution in [0.15, 0.2) is 23.8 Å². The standard InChI is InChI=1S/C21H25NO/c1-2-21-8-7-15-14-6-4-13(23)9-12(14)3-5-16(15)20(21)18-10-17(18)19(21)11-22/h3,5,9,14-20H,2,4,6-8,10H2,1H3/t14?,15?,16?,17-,18+,19-,20?,21+/m0/s1. The van der Waals surface area contributed by atoms with E-state index < -0.39 is 0 Å². The molecule has 0 saturated heterocycles. The Kier molecular flexibility index (Phi) is 2.80. The number of allylic oxidation sites excluding steroid dienone is 4. The lowest BCUT2D eigenvalue weighted by Crippen LogP contribution is -2.47. The van der Waals surface area contributed by atoms with Crippen LogP contribution in [0.2, 0.25) is 0 Å². The molecule has 120 valence electrons. The molecule has 3 fully saturated rings. The molecule has 0 radical (unpaired) electrons. The van der Waals surface area contributed by atoms with Crippen molar-refractivity contribution < 1.29 is 4.79 Å². The van der Waals surface area contributed by atoms with Gasteiger partial charge < -0.3 is 0 Å². The van der Waals surface area contributed by atoms with Gasteiger partial charge in [0.2, 0.25) is 0 Å². The molecule has 2 heteroatoms. The lowest BCUT2D eigenvalue weighted by Gasteiger charge is -2.53. The van der Waals surface area contributed by atoms with Gasteiger partial charge in [0.15, 0.2) is 5.78 Å². The second-order valence-electron chi connectivity index (χ2n) is 8.68. The van der Waals surface area contributed by atoms with Crippen LogP contribution in [-0.2, 0) is 4.79 Å². The number of carbonyl (C=O) groups excluding carboxylic acids is 1. The molecule has 0 spiro atoms. The molecule has 8 atom stereocenters. The van der Waals surface area contributed by atoms with Crippen LogP contribution in [0.3, 0.4) is 0 Å². The number of hydrogen-bond donors (Lipinski definition) is 0. The molecule has 5 rings (SSSR count). The minimum Gasteiger partial charge on any atom is -0.295 e. The van der Waals surface area contributed by atoms with Crippen molar-refractivity contribution in [1.29, 1.82) is 5.26 Å². The Morgan fingerprint density at radius 2 is 2.17 bits per heavy atom. The number of rotatable bonds is 1. The Balaban J connectivity index is 1.56. The summed E-state index contributed by atoms with van der Waals surface area (Å²) in [5.74, 6) is 4.85. The minimum absolute atomic E-state index is 0.291. The van der Waals surface area contributed by atoms with E-state index in [1.54, 1.807) is 0 Å². The zero-order valence-corrected chi connectivity index (χ0v) is 13.9. The van der Waals surface area contributed by atoms with Crippen molar-refractivity contribution in [3.8, 4) is 6.07 Å². The van der Waals surface area contributed by atoms with E-state index in [1.165, 1.54) is 31.3 Å². The Morgan fingerprint density at radius 1 is 1.30 bits per heavy atom. The summed E-state index contributed by atoms with van der Waals surface area (Å²) in [6.45, 7) is 2.32. The fourth-order valence-corrected chi connectivity index (χ4v) is 7.25. The predicted octanol–water partition coefficient (Wildman–Crippen LogP) is 4.29. The zero-order chi connectivity index (χ0) is 15.8. The summed E-state index contributed by atoms with van der Waals surface area (Å²) in [4.78, 5) is 11.8. The topological polar surface area (TPSA) is 40.9 Å². The van der Waals surface area contributed by atoms with Crippen molar-refractivity contribution in [1.82, 2.24) is 0 Å². The Labute approximate surface area is 138 Å². The van der Waals surface area contributed by atoms with Crippen LogP contribution in [0.5, 0.6) is 0 Å². The van der Waals surface area contributed by atoms with Crippen molar-refractivity contribution in [3.05, 3.63) is 23.8 Å². The SMILES string of the molecule is CC[C@]12CCC3C4CCC(=O)C=C4C=CC3C1[C@@H]1C[C@@H]1[C@@H]2C#N. The average molecular weight is 307 g/mol. The molecule has 0 aliphatic heterocycles. The van der Waals surface area contributed by atoms with E-state index in [1.807, 2.05) is 6.08 Å². The lowest BCUT2D eigenvalue weighted by atomic mass is 9.50. The summed E-state index contributed by atoms with van der Waals surface area (Å²) >= 11 is 0. The molecule has 5 aliphatic carbocycles. The smallest absolute Gasteiger partial charge is 0.155 e. The molecule has 0 aromatic heterocycles. The fourth-order valence-electron chi connectivity index (χ4n) is 7.25. The lowest BCUT2D eigenvalue weighted by molar-refractivity contribution is -0.115. The van der Waals surface area contributed by atoms with Crippen LogP contribution < -0.4 is 0 Å². The van der Waals surface area contributed by atoms with E-state index in [9.17, 15) is 10.1 Å². The highest BCUT2D eigenvalue weighted by molar-refractivity contribution is 5.91. The minimum atomic E-state index is 0.291. The van der Waals surface area contributed by atoms with Crippen LogP contribution in [0, 0.1) is 58.2 Å². The van der Waals surface area contributed by atoms with Gasteiger partial charge in [0, 0.05) is 6.42 Å². The molecule has 0 bridgehead atoms. The molecule has 0 N–H and O–H groups in total. The summed E-state index contributed by atoms with van der Waals surface area (Å²) in [6, 6.07) is 2.72. The van der Waals surface area contributed by atoms with Gasteiger partial charge in [0.25, 0.3) is 0 Å². The monoisotopic (exact) mass is 307 g/mol. The molecule has 0 aromatic carbocycles. The molecule has 2 nitrogen and oxygen atoms in total. The van der Waals surface area contributed by atoms with Gasteiger partial charge in [-0.05, 0) is 84.7 Å². The summed E-state index contributed by atoms with van der Waals surface area (Å²) in [6.07, 6.45) is 13.4. The number of fused-ring (bicyclic) bond motifs is 7. The van der Waals surface area contributed by atoms with Gasteiger partial charge in [-0.3, -0.25) is 4.79 Å². The molecular weight excluding hydrogens is 282 g/mol. The highest BCUT2D eigenvalue weighted by Gasteiger charge is 2.70. The maximum absolute atomic E-state index is 11.8. The summed E-state index contributed by atoms with van der Waals surface area (Å²) < 4.78 is 0. The molecule has 0 amide bonds. The van der Waals surface area contributed by atoms with Crippen molar-refractivity contribution >= 4 is 5.78 Å². The van der Waals surface area contributed by atoms with E-state index in [4.69, 9.17) is 0 Å². The highest BCUT2D eigenvalue weighted by atomic mass is 16.1. The van der Waals surface area contributed by atoms with E-state index >= 15 is 0 Å². The third-order valence-corrected chi connectivity index (χ3v) is 8.20. The predicted molar refractivity (Wildman–Crippen MR) is 88.1 cm³/mol. The molecule has 5 aliphatic rings. The maximum atomic E-state index is 11.8. The van der Waals surface area contributed by atoms with Crippen LogP contribution in [0.4, 0.5) is 0 Å². The van der Waals surface area contributed by atoms with Gasteiger partial charge in [0.1, 0.15) is 0 Å². The molecule has 23 heavy (non-hydrogen) atoms. The summed E-state index contributed by atoms with van der Waals surface area (Å²) in [7, 11) is 0. The molecule has 3 saturated carbocycles. The van der Waals surface area contributed by atoms with E-state index in [0.29, 0.717) is 34.9 Å². The molecule has 0 heterocycles. The quantitative estimate of drug-likeness (QED) is 0.725. The van der Waals surface area contributed by atoms with Gasteiger partial charge in [0.05, 0.1) is 12.0 Å². The van der Waals surface area contributed by atoms with Gasteiger partial charge in [-0.1, -0.05) is 19.1 Å². The molecule has 0 aromatic rings. The van der Waals surface area contributed by atoms with Crippen LogP contribution in [0.25, 0.3) is 0 Å². The number of nitrogens with zero attached hydrogens (tertiary/aromatic N) is 1. The number of carbonyl (C=O) groups is 1. The summed E-state index contributed by atoms with van der Waals surface area (Å²) in [5.41, 5.74) is 1.59. The summed E-state index contributed by atoms with van der Waals surface area (Å²) in [5, 5.41) is 9.80. The average Bonchev–Trinajstić information content (AvgIpc) is 3.28. The number of ketones is 1. The Hall–Kier alpha value is -1.36. The maximum Gasteiger partial charge on any atom is 0.155 e. The highest BCUT2D eigenvalue weighted by Crippen LogP contribution is 2.74. The first-order valence-electron chi connectivity index (χ1n) is 9.52. The molecular formula is C21H25NO.